The van der Waals surface area contributed by atoms with Gasteiger partial charge >= 0.3 is 0 Å². The molecule has 3 N–H and O–H groups in total. The number of primary amides is 1. The molecule has 3 aromatic rings. The molecule has 0 radical (unpaired) electrons. The molecule has 0 bridgehead atoms. The molecule has 0 unspecified atom stereocenters. The Morgan fingerprint density at radius 1 is 1.27 bits per heavy atom. The molecule has 0 spiro atoms. The summed E-state index contributed by atoms with van der Waals surface area (Å²) in [4.78, 5) is 23.5. The number of thiophene rings is 1. The van der Waals surface area contributed by atoms with Gasteiger partial charge in [-0.05, 0) is 59.0 Å². The summed E-state index contributed by atoms with van der Waals surface area (Å²) >= 11 is 2.45. The number of rotatable bonds is 6. The highest BCUT2D eigenvalue weighted by atomic mass is 32.2. The fourth-order valence-electron chi connectivity index (χ4n) is 2.18. The van der Waals surface area contributed by atoms with Crippen molar-refractivity contribution < 1.29 is 9.59 Å². The highest BCUT2D eigenvalue weighted by Gasteiger charge is 2.15. The summed E-state index contributed by atoms with van der Waals surface area (Å²) < 4.78 is 1.59. The van der Waals surface area contributed by atoms with Gasteiger partial charge in [0.2, 0.25) is 11.1 Å². The van der Waals surface area contributed by atoms with Gasteiger partial charge in [-0.2, -0.15) is 4.68 Å². The van der Waals surface area contributed by atoms with Gasteiger partial charge < -0.3 is 11.1 Å². The molecule has 0 fully saturated rings. The second kappa shape index (κ2) is 7.67. The van der Waals surface area contributed by atoms with Crippen LogP contribution < -0.4 is 11.1 Å². The van der Waals surface area contributed by atoms with Gasteiger partial charge in [0.25, 0.3) is 5.91 Å². The van der Waals surface area contributed by atoms with Crippen LogP contribution in [0.3, 0.4) is 0 Å². The minimum atomic E-state index is -0.576. The third-order valence-electron chi connectivity index (χ3n) is 3.69. The first-order valence-corrected chi connectivity index (χ1v) is 9.48. The Kier molecular flexibility index (Phi) is 5.33. The maximum Gasteiger partial charge on any atom is 0.251 e. The molecule has 0 atom stereocenters. The van der Waals surface area contributed by atoms with Crippen molar-refractivity contribution in [3.8, 4) is 5.69 Å². The summed E-state index contributed by atoms with van der Waals surface area (Å²) in [5, 5.41) is 17.0. The predicted octanol–water partition coefficient (Wildman–Crippen LogP) is 2.17. The molecule has 2 heterocycles. The van der Waals surface area contributed by atoms with Crippen LogP contribution in [0.4, 0.5) is 5.00 Å². The number of anilines is 1. The Hall–Kier alpha value is -2.72. The average molecular weight is 388 g/mol. The Labute approximate surface area is 157 Å². The number of carbonyl (C=O) groups is 2. The first-order valence-electron chi connectivity index (χ1n) is 7.61. The molecule has 10 heteroatoms. The number of hydrogen-bond donors (Lipinski definition) is 2. The smallest absolute Gasteiger partial charge is 0.251 e. The van der Waals surface area contributed by atoms with E-state index in [1.165, 1.54) is 28.7 Å². The number of thioether (sulfide) groups is 1. The van der Waals surface area contributed by atoms with E-state index in [1.54, 1.807) is 16.1 Å². The zero-order valence-corrected chi connectivity index (χ0v) is 15.7. The molecule has 8 nitrogen and oxygen atoms in total. The standard InChI is InChI=1S/C16H16N6O2S2/c1-9-3-4-11(7-10(9)2)22-16(19-20-21-22)26-8-13(23)18-15-12(14(17)24)5-6-25-15/h3-7H,8H2,1-2H3,(H2,17,24)(H,18,23). The van der Waals surface area contributed by atoms with Crippen molar-refractivity contribution in [3.05, 3.63) is 46.3 Å². The average Bonchev–Trinajstić information content (AvgIpc) is 3.24. The van der Waals surface area contributed by atoms with E-state index in [1.807, 2.05) is 32.0 Å². The van der Waals surface area contributed by atoms with Crippen LogP contribution in [0.15, 0.2) is 34.8 Å². The number of nitrogens with two attached hydrogens (primary N) is 1. The van der Waals surface area contributed by atoms with Crippen molar-refractivity contribution in [2.45, 2.75) is 19.0 Å². The van der Waals surface area contributed by atoms with Crippen molar-refractivity contribution in [2.75, 3.05) is 11.1 Å². The lowest BCUT2D eigenvalue weighted by atomic mass is 10.1. The van der Waals surface area contributed by atoms with E-state index in [9.17, 15) is 9.59 Å². The molecular formula is C16H16N6O2S2. The zero-order chi connectivity index (χ0) is 18.7. The van der Waals surface area contributed by atoms with Gasteiger partial charge in [-0.25, -0.2) is 0 Å². The molecule has 1 aromatic carbocycles. The summed E-state index contributed by atoms with van der Waals surface area (Å²) in [6.45, 7) is 4.05. The zero-order valence-electron chi connectivity index (χ0n) is 14.1. The molecule has 3 rings (SSSR count). The maximum absolute atomic E-state index is 12.2. The number of aromatic nitrogens is 4. The van der Waals surface area contributed by atoms with Gasteiger partial charge in [-0.15, -0.1) is 16.4 Å². The number of nitrogens with zero attached hydrogens (tertiary/aromatic N) is 4. The summed E-state index contributed by atoms with van der Waals surface area (Å²) in [6, 6.07) is 7.49. The van der Waals surface area contributed by atoms with E-state index in [-0.39, 0.29) is 11.7 Å². The molecule has 0 aliphatic rings. The molecule has 0 saturated heterocycles. The molecule has 0 aliphatic carbocycles. The van der Waals surface area contributed by atoms with Crippen LogP contribution >= 0.6 is 23.1 Å². The molecule has 26 heavy (non-hydrogen) atoms. The predicted molar refractivity (Wildman–Crippen MR) is 101 cm³/mol. The van der Waals surface area contributed by atoms with Crippen LogP contribution in [0.25, 0.3) is 5.69 Å². The lowest BCUT2D eigenvalue weighted by Crippen LogP contribution is -2.18. The monoisotopic (exact) mass is 388 g/mol. The minimum absolute atomic E-state index is 0.0985. The van der Waals surface area contributed by atoms with E-state index in [4.69, 9.17) is 5.73 Å². The van der Waals surface area contributed by atoms with Crippen molar-refractivity contribution in [1.29, 1.82) is 0 Å². The molecule has 0 saturated carbocycles. The number of nitrogens with one attached hydrogen (secondary N) is 1. The van der Waals surface area contributed by atoms with Gasteiger partial charge in [0.1, 0.15) is 5.00 Å². The maximum atomic E-state index is 12.2. The number of tetrazole rings is 1. The number of hydrogen-bond acceptors (Lipinski definition) is 7. The van der Waals surface area contributed by atoms with Crippen molar-refractivity contribution in [2.24, 2.45) is 5.73 Å². The van der Waals surface area contributed by atoms with Crippen molar-refractivity contribution in [1.82, 2.24) is 20.2 Å². The van der Waals surface area contributed by atoms with E-state index >= 15 is 0 Å². The summed E-state index contributed by atoms with van der Waals surface area (Å²) in [6.07, 6.45) is 0. The number of benzene rings is 1. The van der Waals surface area contributed by atoms with Gasteiger partial charge in [0.15, 0.2) is 0 Å². The summed E-state index contributed by atoms with van der Waals surface area (Å²) in [7, 11) is 0. The van der Waals surface area contributed by atoms with Crippen LogP contribution in [0.1, 0.15) is 21.5 Å². The van der Waals surface area contributed by atoms with E-state index < -0.39 is 5.91 Å². The van der Waals surface area contributed by atoms with Crippen LogP contribution in [0, 0.1) is 13.8 Å². The van der Waals surface area contributed by atoms with Crippen LogP contribution in [0.2, 0.25) is 0 Å². The lowest BCUT2D eigenvalue weighted by Gasteiger charge is -2.07. The molecular weight excluding hydrogens is 372 g/mol. The van der Waals surface area contributed by atoms with Crippen LogP contribution in [-0.2, 0) is 4.79 Å². The van der Waals surface area contributed by atoms with Crippen molar-refractivity contribution >= 4 is 39.9 Å². The number of aryl methyl sites for hydroxylation is 2. The fourth-order valence-corrected chi connectivity index (χ4v) is 3.68. The third-order valence-corrected chi connectivity index (χ3v) is 5.44. The molecule has 0 aliphatic heterocycles. The second-order valence-corrected chi connectivity index (χ2v) is 7.36. The van der Waals surface area contributed by atoms with Gasteiger partial charge in [-0.1, -0.05) is 17.8 Å². The second-order valence-electron chi connectivity index (χ2n) is 5.51. The Morgan fingerprint density at radius 3 is 2.81 bits per heavy atom. The highest BCUT2D eigenvalue weighted by Crippen LogP contribution is 2.24. The van der Waals surface area contributed by atoms with Gasteiger partial charge in [-0.3, -0.25) is 9.59 Å². The number of amides is 2. The van der Waals surface area contributed by atoms with Crippen LogP contribution in [0.5, 0.6) is 0 Å². The van der Waals surface area contributed by atoms with Crippen LogP contribution in [-0.4, -0.2) is 37.8 Å². The normalized spacial score (nSPS) is 10.7. The lowest BCUT2D eigenvalue weighted by molar-refractivity contribution is -0.113. The molecule has 134 valence electrons. The first-order chi connectivity index (χ1) is 12.5. The third kappa shape index (κ3) is 3.92. The Balaban J connectivity index is 1.68. The highest BCUT2D eigenvalue weighted by molar-refractivity contribution is 7.99. The molecule has 2 aromatic heterocycles. The summed E-state index contributed by atoms with van der Waals surface area (Å²) in [5.41, 5.74) is 8.71. The summed E-state index contributed by atoms with van der Waals surface area (Å²) in [5.74, 6) is -0.746. The van der Waals surface area contributed by atoms with E-state index in [0.29, 0.717) is 15.7 Å². The number of carbonyl (C=O) groups excluding carboxylic acids is 2. The SMILES string of the molecule is Cc1ccc(-n2nnnc2SCC(=O)Nc2sccc2C(N)=O)cc1C. The Bertz CT molecular complexity index is 965. The quantitative estimate of drug-likeness (QED) is 0.625. The fraction of sp³-hybridized carbons (Fsp3) is 0.188. The van der Waals surface area contributed by atoms with E-state index in [0.717, 1.165) is 11.3 Å². The van der Waals surface area contributed by atoms with Gasteiger partial charge in [0, 0.05) is 0 Å². The van der Waals surface area contributed by atoms with Crippen molar-refractivity contribution in [3.63, 3.8) is 0 Å². The topological polar surface area (TPSA) is 116 Å². The molecule has 2 amide bonds. The largest absolute Gasteiger partial charge is 0.366 e. The Morgan fingerprint density at radius 2 is 2.08 bits per heavy atom. The van der Waals surface area contributed by atoms with Gasteiger partial charge in [0.05, 0.1) is 17.0 Å². The minimum Gasteiger partial charge on any atom is -0.366 e. The first kappa shape index (κ1) is 18.1. The van der Waals surface area contributed by atoms with E-state index in [2.05, 4.69) is 20.8 Å².